The van der Waals surface area contributed by atoms with E-state index in [1.807, 2.05) is 0 Å². The molecule has 0 spiro atoms. The zero-order chi connectivity index (χ0) is 21.6. The fourth-order valence-corrected chi connectivity index (χ4v) is 4.82. The number of carboxylic acid groups (broad SMARTS) is 2. The van der Waals surface area contributed by atoms with E-state index in [0.717, 1.165) is 16.2 Å². The zero-order valence-electron chi connectivity index (χ0n) is 15.3. The third-order valence-electron chi connectivity index (χ3n) is 5.01. The molecule has 154 valence electrons. The second-order valence-electron chi connectivity index (χ2n) is 6.82. The number of hydrogen-bond acceptors (Lipinski definition) is 7. The van der Waals surface area contributed by atoms with Crippen molar-refractivity contribution in [2.24, 2.45) is 0 Å². The van der Waals surface area contributed by atoms with Gasteiger partial charge in [-0.05, 0) is 24.1 Å². The fourth-order valence-electron chi connectivity index (χ4n) is 3.65. The highest BCUT2D eigenvalue weighted by molar-refractivity contribution is 7.17. The highest BCUT2D eigenvalue weighted by atomic mass is 32.1. The molecule has 0 bridgehead atoms. The number of aromatic carboxylic acids is 1. The predicted molar refractivity (Wildman–Crippen MR) is 104 cm³/mol. The molecule has 4 rings (SSSR count). The normalized spacial score (nSPS) is 17.5. The minimum absolute atomic E-state index is 0.0527. The van der Waals surface area contributed by atoms with Gasteiger partial charge in [-0.2, -0.15) is 0 Å². The summed E-state index contributed by atoms with van der Waals surface area (Å²) >= 11 is 0.986. The Morgan fingerprint density at radius 1 is 1.13 bits per heavy atom. The number of rotatable bonds is 4. The van der Waals surface area contributed by atoms with Crippen LogP contribution in [0.3, 0.4) is 0 Å². The maximum absolute atomic E-state index is 12.6. The van der Waals surface area contributed by atoms with Crippen LogP contribution < -0.4 is 10.6 Å². The highest BCUT2D eigenvalue weighted by Crippen LogP contribution is 2.37. The standard InChI is InChI=1S/C19H15N3O7S/c23-14(19(28)29)21-15-13(18(26)27)11-5-8(20-6-12(11)30-15)7-22-16(24)9-3-1-2-4-10(9)17(22)25/h1-4,8,20H,5-7H2,(H,21,23)(H,26,27)(H,28,29). The largest absolute Gasteiger partial charge is 0.478 e. The molecule has 0 saturated carbocycles. The molecule has 2 aromatic rings. The average molecular weight is 429 g/mol. The van der Waals surface area contributed by atoms with E-state index in [9.17, 15) is 29.1 Å². The van der Waals surface area contributed by atoms with Crippen molar-refractivity contribution in [2.45, 2.75) is 19.0 Å². The van der Waals surface area contributed by atoms with E-state index in [2.05, 4.69) is 10.6 Å². The average Bonchev–Trinajstić information content (AvgIpc) is 3.18. The number of carbonyl (C=O) groups is 5. The Morgan fingerprint density at radius 3 is 2.33 bits per heavy atom. The molecular formula is C19H15N3O7S. The van der Waals surface area contributed by atoms with E-state index in [-0.39, 0.29) is 30.1 Å². The maximum atomic E-state index is 12.6. The molecule has 30 heavy (non-hydrogen) atoms. The number of carboxylic acids is 2. The van der Waals surface area contributed by atoms with Gasteiger partial charge in [0.2, 0.25) is 0 Å². The molecule has 3 heterocycles. The van der Waals surface area contributed by atoms with Gasteiger partial charge in [-0.1, -0.05) is 12.1 Å². The van der Waals surface area contributed by atoms with Gasteiger partial charge < -0.3 is 20.8 Å². The lowest BCUT2D eigenvalue weighted by Crippen LogP contribution is -2.46. The number of nitrogens with one attached hydrogen (secondary N) is 2. The van der Waals surface area contributed by atoms with Gasteiger partial charge in [0.1, 0.15) is 5.00 Å². The van der Waals surface area contributed by atoms with Gasteiger partial charge in [0.15, 0.2) is 0 Å². The van der Waals surface area contributed by atoms with Crippen LogP contribution in [-0.2, 0) is 22.6 Å². The maximum Gasteiger partial charge on any atom is 0.394 e. The van der Waals surface area contributed by atoms with Gasteiger partial charge in [-0.25, -0.2) is 9.59 Å². The van der Waals surface area contributed by atoms with Crippen LogP contribution in [-0.4, -0.2) is 57.4 Å². The smallest absolute Gasteiger partial charge is 0.394 e. The molecule has 0 aliphatic carbocycles. The number of amides is 3. The molecule has 3 amide bonds. The minimum Gasteiger partial charge on any atom is -0.478 e. The van der Waals surface area contributed by atoms with Gasteiger partial charge >= 0.3 is 17.8 Å². The molecule has 0 radical (unpaired) electrons. The molecule has 1 atom stereocenters. The fraction of sp³-hybridized carbons (Fsp3) is 0.211. The van der Waals surface area contributed by atoms with E-state index in [4.69, 9.17) is 5.11 Å². The summed E-state index contributed by atoms with van der Waals surface area (Å²) < 4.78 is 0. The van der Waals surface area contributed by atoms with E-state index in [1.54, 1.807) is 24.3 Å². The van der Waals surface area contributed by atoms with Gasteiger partial charge in [-0.15, -0.1) is 11.3 Å². The molecule has 1 unspecified atom stereocenters. The molecule has 2 aliphatic rings. The first kappa shape index (κ1) is 19.7. The van der Waals surface area contributed by atoms with Crippen LogP contribution in [0.25, 0.3) is 0 Å². The monoisotopic (exact) mass is 429 g/mol. The Bertz CT molecular complexity index is 1090. The summed E-state index contributed by atoms with van der Waals surface area (Å²) in [5.41, 5.74) is 0.950. The first-order chi connectivity index (χ1) is 14.3. The number of carbonyl (C=O) groups excluding carboxylic acids is 3. The van der Waals surface area contributed by atoms with Gasteiger partial charge in [-0.3, -0.25) is 19.3 Å². The summed E-state index contributed by atoms with van der Waals surface area (Å²) in [5.74, 6) is -5.15. The van der Waals surface area contributed by atoms with Crippen molar-refractivity contribution < 1.29 is 34.2 Å². The lowest BCUT2D eigenvalue weighted by Gasteiger charge is -2.27. The molecule has 11 heteroatoms. The quantitative estimate of drug-likeness (QED) is 0.411. The Labute approximate surface area is 173 Å². The lowest BCUT2D eigenvalue weighted by molar-refractivity contribution is -0.147. The molecule has 1 aromatic carbocycles. The van der Waals surface area contributed by atoms with Crippen molar-refractivity contribution in [3.63, 3.8) is 0 Å². The van der Waals surface area contributed by atoms with Gasteiger partial charge in [0.25, 0.3) is 11.8 Å². The Kier molecular flexibility index (Phi) is 4.84. The molecule has 2 aliphatic heterocycles. The Balaban J connectivity index is 1.57. The SMILES string of the molecule is O=C(O)C(=O)Nc1sc2c(c1C(=O)O)CC(CN1C(=O)c3ccccc3C1=O)NC2. The van der Waals surface area contributed by atoms with Crippen molar-refractivity contribution in [3.05, 3.63) is 51.4 Å². The first-order valence-corrected chi connectivity index (χ1v) is 9.70. The molecule has 10 nitrogen and oxygen atoms in total. The molecule has 0 fully saturated rings. The van der Waals surface area contributed by atoms with Crippen LogP contribution >= 0.6 is 11.3 Å². The van der Waals surface area contributed by atoms with E-state index >= 15 is 0 Å². The molecule has 0 saturated heterocycles. The second-order valence-corrected chi connectivity index (χ2v) is 7.93. The molecule has 1 aromatic heterocycles. The lowest BCUT2D eigenvalue weighted by atomic mass is 9.97. The topological polar surface area (TPSA) is 153 Å². The van der Waals surface area contributed by atoms with Gasteiger partial charge in [0.05, 0.1) is 16.7 Å². The summed E-state index contributed by atoms with van der Waals surface area (Å²) in [4.78, 5) is 61.0. The van der Waals surface area contributed by atoms with Crippen LogP contribution in [0.4, 0.5) is 5.00 Å². The van der Waals surface area contributed by atoms with Crippen molar-refractivity contribution in [1.82, 2.24) is 10.2 Å². The predicted octanol–water partition coefficient (Wildman–Crippen LogP) is 0.780. The Hall–Kier alpha value is -3.57. The number of hydrogen-bond donors (Lipinski definition) is 4. The summed E-state index contributed by atoms with van der Waals surface area (Å²) in [5, 5.41) is 23.6. The summed E-state index contributed by atoms with van der Waals surface area (Å²) in [6.07, 6.45) is 0.198. The number of aliphatic carboxylic acids is 1. The molecule has 4 N–H and O–H groups in total. The highest BCUT2D eigenvalue weighted by Gasteiger charge is 2.38. The number of thiophene rings is 1. The second kappa shape index (κ2) is 7.35. The summed E-state index contributed by atoms with van der Waals surface area (Å²) in [7, 11) is 0. The van der Waals surface area contributed by atoms with Gasteiger partial charge in [0, 0.05) is 24.0 Å². The Morgan fingerprint density at radius 2 is 1.77 bits per heavy atom. The summed E-state index contributed by atoms with van der Waals surface area (Å²) in [6.45, 7) is 0.314. The number of imide groups is 1. The van der Waals surface area contributed by atoms with Crippen LogP contribution in [0.15, 0.2) is 24.3 Å². The zero-order valence-corrected chi connectivity index (χ0v) is 16.1. The van der Waals surface area contributed by atoms with Crippen molar-refractivity contribution in [1.29, 1.82) is 0 Å². The van der Waals surface area contributed by atoms with Crippen molar-refractivity contribution in [3.8, 4) is 0 Å². The number of anilines is 1. The van der Waals surface area contributed by atoms with Crippen LogP contribution in [0.2, 0.25) is 0 Å². The van der Waals surface area contributed by atoms with Crippen LogP contribution in [0.1, 0.15) is 41.5 Å². The van der Waals surface area contributed by atoms with E-state index in [0.29, 0.717) is 21.6 Å². The minimum atomic E-state index is -1.72. The van der Waals surface area contributed by atoms with Crippen molar-refractivity contribution >= 4 is 46.0 Å². The molecular weight excluding hydrogens is 414 g/mol. The third-order valence-corrected chi connectivity index (χ3v) is 6.16. The number of nitrogens with zero attached hydrogens (tertiary/aromatic N) is 1. The number of fused-ring (bicyclic) bond motifs is 2. The third kappa shape index (κ3) is 3.23. The van der Waals surface area contributed by atoms with E-state index in [1.165, 1.54) is 0 Å². The van der Waals surface area contributed by atoms with E-state index < -0.39 is 35.7 Å². The first-order valence-electron chi connectivity index (χ1n) is 8.88. The van der Waals surface area contributed by atoms with Crippen LogP contribution in [0.5, 0.6) is 0 Å². The number of benzene rings is 1. The summed E-state index contributed by atoms with van der Waals surface area (Å²) in [6, 6.07) is 6.13. The van der Waals surface area contributed by atoms with Crippen LogP contribution in [0, 0.1) is 0 Å². The van der Waals surface area contributed by atoms with Crippen molar-refractivity contribution in [2.75, 3.05) is 11.9 Å².